The second-order valence-electron chi connectivity index (χ2n) is 14.1. The van der Waals surface area contributed by atoms with E-state index >= 15 is 0 Å². The lowest BCUT2D eigenvalue weighted by molar-refractivity contribution is 0.487. The summed E-state index contributed by atoms with van der Waals surface area (Å²) in [5.74, 6) is 1.80. The Bertz CT molecular complexity index is 3050. The van der Waals surface area contributed by atoms with Crippen molar-refractivity contribution in [3.05, 3.63) is 182 Å². The highest BCUT2D eigenvalue weighted by Crippen LogP contribution is 2.44. The Morgan fingerprint density at radius 2 is 1.04 bits per heavy atom. The van der Waals surface area contributed by atoms with Gasteiger partial charge in [0.05, 0.1) is 22.2 Å². The van der Waals surface area contributed by atoms with Crippen LogP contribution in [0, 0.1) is 0 Å². The molecular weight excluding hydrogens is 645 g/mol. The Morgan fingerprint density at radius 1 is 0.415 bits per heavy atom. The predicted molar refractivity (Wildman–Crippen MR) is 221 cm³/mol. The fraction of sp³-hybridized carbons (Fsp3) is 0. The van der Waals surface area contributed by atoms with Crippen molar-refractivity contribution in [3.63, 3.8) is 0 Å². The van der Waals surface area contributed by atoms with Crippen LogP contribution in [0.1, 0.15) is 0 Å². The smallest absolute Gasteiger partial charge is 0.256 e. The summed E-state index contributed by atoms with van der Waals surface area (Å²) >= 11 is 0. The number of aromatic nitrogens is 2. The van der Waals surface area contributed by atoms with Crippen LogP contribution in [0.25, 0.3) is 55.0 Å². The van der Waals surface area contributed by atoms with Gasteiger partial charge in [-0.25, -0.2) is 0 Å². The van der Waals surface area contributed by atoms with E-state index in [4.69, 9.17) is 4.74 Å². The Balaban J connectivity index is 1.23. The molecule has 0 amide bonds. The van der Waals surface area contributed by atoms with Crippen LogP contribution in [0.15, 0.2) is 182 Å². The summed E-state index contributed by atoms with van der Waals surface area (Å²) in [5.41, 5.74) is 14.1. The van der Waals surface area contributed by atoms with Gasteiger partial charge >= 0.3 is 0 Å². The van der Waals surface area contributed by atoms with E-state index in [0.717, 1.165) is 39.9 Å². The third-order valence-corrected chi connectivity index (χ3v) is 11.3. The van der Waals surface area contributed by atoms with Crippen molar-refractivity contribution in [2.24, 2.45) is 0 Å². The SMILES string of the molecule is c1ccc(N(c2ccccc2)c2cc3c4c(c2)-n2c5cc6c(cc5c5cccc(c52)B4c2ccccc2O3)c2ccccc2n6-c2ccccc2)cc1. The minimum atomic E-state index is 0.0369. The lowest BCUT2D eigenvalue weighted by Crippen LogP contribution is -2.58. The number of ether oxygens (including phenoxy) is 1. The van der Waals surface area contributed by atoms with Gasteiger partial charge in [-0.3, -0.25) is 0 Å². The van der Waals surface area contributed by atoms with Crippen LogP contribution < -0.4 is 26.0 Å². The highest BCUT2D eigenvalue weighted by atomic mass is 16.5. The van der Waals surface area contributed by atoms with E-state index in [0.29, 0.717) is 0 Å². The van der Waals surface area contributed by atoms with Crippen molar-refractivity contribution in [2.45, 2.75) is 0 Å². The zero-order valence-corrected chi connectivity index (χ0v) is 28.6. The minimum absolute atomic E-state index is 0.0369. The molecule has 0 saturated heterocycles. The number of fused-ring (bicyclic) bond motifs is 10. The van der Waals surface area contributed by atoms with Gasteiger partial charge in [-0.2, -0.15) is 0 Å². The third kappa shape index (κ3) is 3.96. The van der Waals surface area contributed by atoms with E-state index in [-0.39, 0.29) is 6.71 Å². The predicted octanol–water partition coefficient (Wildman–Crippen LogP) is 10.3. The van der Waals surface area contributed by atoms with Crippen molar-refractivity contribution in [2.75, 3.05) is 4.90 Å². The average Bonchev–Trinajstić information content (AvgIpc) is 3.72. The fourth-order valence-corrected chi connectivity index (χ4v) is 9.19. The van der Waals surface area contributed by atoms with E-state index in [1.54, 1.807) is 0 Å². The average molecular weight is 676 g/mol. The second kappa shape index (κ2) is 10.8. The minimum Gasteiger partial charge on any atom is -0.458 e. The van der Waals surface area contributed by atoms with Crippen LogP contribution in [0.2, 0.25) is 0 Å². The zero-order valence-electron chi connectivity index (χ0n) is 28.6. The molecule has 0 radical (unpaired) electrons. The maximum atomic E-state index is 6.93. The number of nitrogens with zero attached hydrogens (tertiary/aromatic N) is 3. The molecule has 2 aliphatic heterocycles. The first-order valence-electron chi connectivity index (χ1n) is 18.2. The first-order valence-corrected chi connectivity index (χ1v) is 18.2. The van der Waals surface area contributed by atoms with Crippen LogP contribution in [0.3, 0.4) is 0 Å². The molecule has 0 unspecified atom stereocenters. The molecule has 0 saturated carbocycles. The number of hydrogen-bond donors (Lipinski definition) is 0. The van der Waals surface area contributed by atoms with Gasteiger partial charge in [-0.05, 0) is 83.1 Å². The van der Waals surface area contributed by atoms with Gasteiger partial charge in [-0.15, -0.1) is 0 Å². The molecule has 10 aromatic rings. The Morgan fingerprint density at radius 3 is 1.83 bits per heavy atom. The number of para-hydroxylation sites is 6. The maximum absolute atomic E-state index is 6.93. The van der Waals surface area contributed by atoms with E-state index in [1.807, 2.05) is 0 Å². The van der Waals surface area contributed by atoms with Crippen molar-refractivity contribution in [1.29, 1.82) is 0 Å². The molecule has 5 heteroatoms. The van der Waals surface area contributed by atoms with Crippen LogP contribution in [-0.2, 0) is 0 Å². The molecule has 53 heavy (non-hydrogen) atoms. The number of benzene rings is 8. The van der Waals surface area contributed by atoms with Crippen LogP contribution in [-0.4, -0.2) is 15.8 Å². The molecule has 0 atom stereocenters. The molecule has 0 spiro atoms. The van der Waals surface area contributed by atoms with Crippen molar-refractivity contribution >= 4 is 83.8 Å². The van der Waals surface area contributed by atoms with Gasteiger partial charge in [0.1, 0.15) is 11.5 Å². The summed E-state index contributed by atoms with van der Waals surface area (Å²) in [5, 5.41) is 5.02. The van der Waals surface area contributed by atoms with E-state index < -0.39 is 0 Å². The third-order valence-electron chi connectivity index (χ3n) is 11.3. The standard InChI is InChI=1S/C48H30BN3O/c1-4-15-31(16-5-1)50(32-17-6-2-7-18-32)34-27-44-47-46(28-34)53-45-26-13-11-23-39(45)49(47)40-24-14-22-36-38-29-37-35-21-10-12-25-41(35)51(33-19-8-3-9-20-33)42(37)30-43(38)52(44)48(36)40/h1-30H. The van der Waals surface area contributed by atoms with E-state index in [1.165, 1.54) is 60.0 Å². The fourth-order valence-electron chi connectivity index (χ4n) is 9.19. The summed E-state index contributed by atoms with van der Waals surface area (Å²) in [6.45, 7) is 0.0369. The maximum Gasteiger partial charge on any atom is 0.256 e. The van der Waals surface area contributed by atoms with Crippen LogP contribution in [0.4, 0.5) is 17.1 Å². The molecular formula is C48H30BN3O. The quantitative estimate of drug-likeness (QED) is 0.173. The number of hydrogen-bond acceptors (Lipinski definition) is 2. The first-order chi connectivity index (χ1) is 26.3. The van der Waals surface area contributed by atoms with E-state index in [9.17, 15) is 0 Å². The van der Waals surface area contributed by atoms with Crippen molar-refractivity contribution in [3.8, 4) is 22.9 Å². The summed E-state index contributed by atoms with van der Waals surface area (Å²) < 4.78 is 11.9. The number of anilines is 3. The summed E-state index contributed by atoms with van der Waals surface area (Å²) in [6.07, 6.45) is 0. The molecule has 4 heterocycles. The molecule has 0 N–H and O–H groups in total. The van der Waals surface area contributed by atoms with Crippen LogP contribution >= 0.6 is 0 Å². The monoisotopic (exact) mass is 675 g/mol. The van der Waals surface area contributed by atoms with Gasteiger partial charge in [-0.1, -0.05) is 109 Å². The highest BCUT2D eigenvalue weighted by Gasteiger charge is 2.41. The van der Waals surface area contributed by atoms with Crippen LogP contribution in [0.5, 0.6) is 11.5 Å². The molecule has 2 aromatic heterocycles. The summed E-state index contributed by atoms with van der Waals surface area (Å²) in [7, 11) is 0. The first kappa shape index (κ1) is 28.7. The molecule has 0 fully saturated rings. The molecule has 246 valence electrons. The number of rotatable bonds is 4. The normalized spacial score (nSPS) is 12.6. The van der Waals surface area contributed by atoms with Crippen molar-refractivity contribution in [1.82, 2.24) is 9.13 Å². The topological polar surface area (TPSA) is 22.3 Å². The Labute approximate surface area is 306 Å². The van der Waals surface area contributed by atoms with Gasteiger partial charge in [0.25, 0.3) is 6.71 Å². The molecule has 12 rings (SSSR count). The second-order valence-corrected chi connectivity index (χ2v) is 14.1. The van der Waals surface area contributed by atoms with Gasteiger partial charge in [0.15, 0.2) is 0 Å². The lowest BCUT2D eigenvalue weighted by atomic mass is 9.34. The van der Waals surface area contributed by atoms with E-state index in [2.05, 4.69) is 196 Å². The Kier molecular flexibility index (Phi) is 5.83. The van der Waals surface area contributed by atoms with Gasteiger partial charge in [0.2, 0.25) is 0 Å². The zero-order chi connectivity index (χ0) is 34.6. The summed E-state index contributed by atoms with van der Waals surface area (Å²) in [4.78, 5) is 2.34. The van der Waals surface area contributed by atoms with Gasteiger partial charge in [0, 0.05) is 55.9 Å². The van der Waals surface area contributed by atoms with Gasteiger partial charge < -0.3 is 18.8 Å². The highest BCUT2D eigenvalue weighted by molar-refractivity contribution is 6.99. The summed E-state index contributed by atoms with van der Waals surface area (Å²) in [6, 6.07) is 65.7. The molecule has 0 aliphatic carbocycles. The molecule has 2 aliphatic rings. The molecule has 4 nitrogen and oxygen atoms in total. The Hall–Kier alpha value is -6.98. The van der Waals surface area contributed by atoms with Crippen molar-refractivity contribution < 1.29 is 4.74 Å². The molecule has 8 aromatic carbocycles. The molecule has 0 bridgehead atoms. The lowest BCUT2D eigenvalue weighted by Gasteiger charge is -2.35. The largest absolute Gasteiger partial charge is 0.458 e.